The minimum atomic E-state index is 0.829. The molecule has 0 radical (unpaired) electrons. The van der Waals surface area contributed by atoms with Gasteiger partial charge in [0.1, 0.15) is 0 Å². The summed E-state index contributed by atoms with van der Waals surface area (Å²) in [6.45, 7) is 1.02. The molecule has 0 spiro atoms. The van der Waals surface area contributed by atoms with Crippen LogP contribution in [0.1, 0.15) is 5.56 Å². The lowest BCUT2D eigenvalue weighted by atomic mass is 10.2. The zero-order chi connectivity index (χ0) is 11.3. The van der Waals surface area contributed by atoms with Crippen molar-refractivity contribution < 1.29 is 0 Å². The maximum atomic E-state index is 6.21. The van der Waals surface area contributed by atoms with Crippen molar-refractivity contribution in [2.75, 3.05) is 30.5 Å². The first kappa shape index (κ1) is 13.2. The molecule has 0 aromatic heterocycles. The molecule has 15 heavy (non-hydrogen) atoms. The summed E-state index contributed by atoms with van der Waals surface area (Å²) in [5.41, 5.74) is 2.39. The van der Waals surface area contributed by atoms with Crippen LogP contribution in [-0.4, -0.2) is 25.6 Å². The highest BCUT2D eigenvalue weighted by Gasteiger charge is 2.10. The lowest BCUT2D eigenvalue weighted by molar-refractivity contribution is 0.970. The van der Waals surface area contributed by atoms with Gasteiger partial charge < -0.3 is 4.90 Å². The van der Waals surface area contributed by atoms with Gasteiger partial charge in [-0.3, -0.25) is 0 Å². The fourth-order valence-corrected chi connectivity index (χ4v) is 2.68. The van der Waals surface area contributed by atoms with Gasteiger partial charge in [0.25, 0.3) is 0 Å². The van der Waals surface area contributed by atoms with Crippen LogP contribution in [0.25, 0.3) is 0 Å². The second-order valence-corrected chi connectivity index (χ2v) is 5.25. The third-order valence-corrected chi connectivity index (χ3v) is 3.73. The molecule has 0 fully saturated rings. The van der Waals surface area contributed by atoms with E-state index in [2.05, 4.69) is 40.2 Å². The highest BCUT2D eigenvalue weighted by atomic mass is 79.9. The third kappa shape index (κ3) is 3.58. The van der Waals surface area contributed by atoms with Gasteiger partial charge in [-0.05, 0) is 17.9 Å². The monoisotopic (exact) mass is 307 g/mol. The van der Waals surface area contributed by atoms with E-state index in [4.69, 9.17) is 11.6 Å². The van der Waals surface area contributed by atoms with Crippen LogP contribution in [0.5, 0.6) is 0 Å². The van der Waals surface area contributed by atoms with Crippen LogP contribution < -0.4 is 4.90 Å². The third-order valence-electron chi connectivity index (χ3n) is 2.23. The molecule has 0 heterocycles. The van der Waals surface area contributed by atoms with Gasteiger partial charge in [-0.25, -0.2) is 0 Å². The molecule has 0 N–H and O–H groups in total. The molecule has 1 rings (SSSR count). The molecule has 0 aliphatic heterocycles. The van der Waals surface area contributed by atoms with Crippen LogP contribution >= 0.6 is 39.3 Å². The van der Waals surface area contributed by atoms with E-state index < -0.39 is 0 Å². The summed E-state index contributed by atoms with van der Waals surface area (Å²) in [4.78, 5) is 2.22. The topological polar surface area (TPSA) is 3.24 Å². The van der Waals surface area contributed by atoms with E-state index in [9.17, 15) is 0 Å². The number of rotatable bonds is 5. The number of alkyl halides is 1. The van der Waals surface area contributed by atoms with E-state index in [-0.39, 0.29) is 0 Å². The molecule has 1 aromatic carbocycles. The average molecular weight is 309 g/mol. The first-order chi connectivity index (χ1) is 7.20. The smallest absolute Gasteiger partial charge is 0.0642 e. The number of halogens is 2. The molecule has 0 saturated heterocycles. The number of nitrogens with zero attached hydrogens (tertiary/aromatic N) is 1. The number of thioether (sulfide) groups is 1. The molecule has 0 atom stereocenters. The summed E-state index contributed by atoms with van der Waals surface area (Å²) >= 11 is 11.5. The SMILES string of the molecule is CSCCN(C)c1c(Cl)cccc1CBr. The van der Waals surface area contributed by atoms with Crippen LogP contribution in [0.3, 0.4) is 0 Å². The Kier molecular flexibility index (Phi) is 5.87. The Morgan fingerprint density at radius 3 is 2.80 bits per heavy atom. The van der Waals surface area contributed by atoms with Crippen molar-refractivity contribution >= 4 is 45.0 Å². The number of benzene rings is 1. The Hall–Kier alpha value is 0.140. The quantitative estimate of drug-likeness (QED) is 0.755. The Balaban J connectivity index is 2.90. The maximum Gasteiger partial charge on any atom is 0.0642 e. The second kappa shape index (κ2) is 6.66. The molecule has 0 saturated carbocycles. The predicted molar refractivity (Wildman–Crippen MR) is 75.7 cm³/mol. The Morgan fingerprint density at radius 2 is 2.20 bits per heavy atom. The van der Waals surface area contributed by atoms with Gasteiger partial charge in [-0.15, -0.1) is 0 Å². The van der Waals surface area contributed by atoms with Crippen LogP contribution in [0.2, 0.25) is 5.02 Å². The van der Waals surface area contributed by atoms with Crippen molar-refractivity contribution in [1.29, 1.82) is 0 Å². The fourth-order valence-electron chi connectivity index (χ4n) is 1.44. The Morgan fingerprint density at radius 1 is 1.47 bits per heavy atom. The molecular weight excluding hydrogens is 294 g/mol. The van der Waals surface area contributed by atoms with Crippen LogP contribution in [-0.2, 0) is 5.33 Å². The Labute approximate surface area is 109 Å². The predicted octanol–water partition coefficient (Wildman–Crippen LogP) is 4.03. The molecule has 0 amide bonds. The summed E-state index contributed by atoms with van der Waals surface area (Å²) in [5, 5.41) is 1.67. The fraction of sp³-hybridized carbons (Fsp3) is 0.455. The van der Waals surface area contributed by atoms with Crippen molar-refractivity contribution in [3.05, 3.63) is 28.8 Å². The number of hydrogen-bond acceptors (Lipinski definition) is 2. The van der Waals surface area contributed by atoms with Crippen LogP contribution in [0.4, 0.5) is 5.69 Å². The van der Waals surface area contributed by atoms with E-state index in [1.807, 2.05) is 23.9 Å². The minimum Gasteiger partial charge on any atom is -0.372 e. The molecule has 0 unspecified atom stereocenters. The molecule has 0 aliphatic carbocycles. The molecule has 1 aromatic rings. The molecule has 1 nitrogen and oxygen atoms in total. The molecule has 84 valence electrons. The normalized spacial score (nSPS) is 10.4. The van der Waals surface area contributed by atoms with Gasteiger partial charge in [-0.2, -0.15) is 11.8 Å². The highest BCUT2D eigenvalue weighted by molar-refractivity contribution is 9.08. The van der Waals surface area contributed by atoms with Gasteiger partial charge >= 0.3 is 0 Å². The van der Waals surface area contributed by atoms with Gasteiger partial charge in [0.2, 0.25) is 0 Å². The van der Waals surface area contributed by atoms with Gasteiger partial charge in [0, 0.05) is 24.7 Å². The molecule has 0 aliphatic rings. The van der Waals surface area contributed by atoms with Gasteiger partial charge in [-0.1, -0.05) is 39.7 Å². The summed E-state index contributed by atoms with van der Waals surface area (Å²) in [6.07, 6.45) is 2.12. The minimum absolute atomic E-state index is 0.829. The van der Waals surface area contributed by atoms with E-state index >= 15 is 0 Å². The second-order valence-electron chi connectivity index (χ2n) is 3.30. The lowest BCUT2D eigenvalue weighted by Crippen LogP contribution is -2.21. The Bertz CT molecular complexity index is 319. The largest absolute Gasteiger partial charge is 0.372 e. The molecular formula is C11H15BrClNS. The van der Waals surface area contributed by atoms with Crippen molar-refractivity contribution in [2.45, 2.75) is 5.33 Å². The molecule has 4 heteroatoms. The number of para-hydroxylation sites is 1. The van der Waals surface area contributed by atoms with E-state index in [0.717, 1.165) is 28.3 Å². The number of hydrogen-bond donors (Lipinski definition) is 0. The average Bonchev–Trinajstić information content (AvgIpc) is 2.25. The van der Waals surface area contributed by atoms with Crippen molar-refractivity contribution in [3.63, 3.8) is 0 Å². The first-order valence-corrected chi connectivity index (χ1v) is 7.63. The maximum absolute atomic E-state index is 6.21. The number of anilines is 1. The molecule has 0 bridgehead atoms. The summed E-state index contributed by atoms with van der Waals surface area (Å²) in [6, 6.07) is 6.04. The van der Waals surface area contributed by atoms with E-state index in [1.165, 1.54) is 5.56 Å². The van der Waals surface area contributed by atoms with E-state index in [1.54, 1.807) is 0 Å². The van der Waals surface area contributed by atoms with Gasteiger partial charge in [0.15, 0.2) is 0 Å². The summed E-state index contributed by atoms with van der Waals surface area (Å²) < 4.78 is 0. The zero-order valence-electron chi connectivity index (χ0n) is 8.96. The van der Waals surface area contributed by atoms with Crippen molar-refractivity contribution in [3.8, 4) is 0 Å². The van der Waals surface area contributed by atoms with Gasteiger partial charge in [0.05, 0.1) is 10.7 Å². The van der Waals surface area contributed by atoms with Crippen molar-refractivity contribution in [2.24, 2.45) is 0 Å². The van der Waals surface area contributed by atoms with Crippen molar-refractivity contribution in [1.82, 2.24) is 0 Å². The highest BCUT2D eigenvalue weighted by Crippen LogP contribution is 2.30. The summed E-state index contributed by atoms with van der Waals surface area (Å²) in [7, 11) is 2.09. The summed E-state index contributed by atoms with van der Waals surface area (Å²) in [5.74, 6) is 1.11. The first-order valence-electron chi connectivity index (χ1n) is 4.74. The standard InChI is InChI=1S/C11H15BrClNS/c1-14(6-7-15-2)11-9(8-12)4-3-5-10(11)13/h3-5H,6-8H2,1-2H3. The zero-order valence-corrected chi connectivity index (χ0v) is 12.1. The van der Waals surface area contributed by atoms with E-state index in [0.29, 0.717) is 0 Å². The van der Waals surface area contributed by atoms with Crippen LogP contribution in [0, 0.1) is 0 Å². The lowest BCUT2D eigenvalue weighted by Gasteiger charge is -2.22. The van der Waals surface area contributed by atoms with Crippen LogP contribution in [0.15, 0.2) is 18.2 Å².